The molecule has 50 heavy (non-hydrogen) atoms. The van der Waals surface area contributed by atoms with Gasteiger partial charge < -0.3 is 0 Å². The highest BCUT2D eigenvalue weighted by Crippen LogP contribution is 2.42. The third-order valence-corrected chi connectivity index (χ3v) is 9.30. The first kappa shape index (κ1) is 29.4. The minimum atomic E-state index is 0.634. The summed E-state index contributed by atoms with van der Waals surface area (Å²) in [6.45, 7) is 0. The Morgan fingerprint density at radius 2 is 0.700 bits per heavy atom. The maximum absolute atomic E-state index is 5.13. The van der Waals surface area contributed by atoms with Crippen molar-refractivity contribution in [2.24, 2.45) is 0 Å². The third-order valence-electron chi connectivity index (χ3n) is 9.30. The van der Waals surface area contributed by atoms with Crippen LogP contribution >= 0.6 is 0 Å². The molecule has 0 N–H and O–H groups in total. The zero-order valence-corrected chi connectivity index (χ0v) is 27.2. The maximum atomic E-state index is 5.13. The van der Waals surface area contributed by atoms with Crippen LogP contribution in [-0.4, -0.2) is 15.0 Å². The minimum Gasteiger partial charge on any atom is -0.208 e. The monoisotopic (exact) mass is 637 g/mol. The molecular formula is C47H31N3. The van der Waals surface area contributed by atoms with Crippen LogP contribution < -0.4 is 0 Å². The molecule has 0 saturated heterocycles. The zero-order chi connectivity index (χ0) is 33.3. The van der Waals surface area contributed by atoms with Gasteiger partial charge in [-0.15, -0.1) is 0 Å². The lowest BCUT2D eigenvalue weighted by molar-refractivity contribution is 1.07. The summed E-state index contributed by atoms with van der Waals surface area (Å²) < 4.78 is 0. The lowest BCUT2D eigenvalue weighted by Gasteiger charge is -2.18. The second kappa shape index (κ2) is 12.7. The van der Waals surface area contributed by atoms with Gasteiger partial charge in [0, 0.05) is 22.3 Å². The summed E-state index contributed by atoms with van der Waals surface area (Å²) in [5, 5.41) is 4.95. The molecule has 0 radical (unpaired) electrons. The van der Waals surface area contributed by atoms with Crippen LogP contribution in [0.4, 0.5) is 0 Å². The van der Waals surface area contributed by atoms with Gasteiger partial charge in [-0.3, -0.25) is 0 Å². The summed E-state index contributed by atoms with van der Waals surface area (Å²) >= 11 is 0. The Bertz CT molecular complexity index is 2520. The Labute approximate surface area is 291 Å². The second-order valence-electron chi connectivity index (χ2n) is 12.4. The summed E-state index contributed by atoms with van der Waals surface area (Å²) in [5.74, 6) is 1.92. The van der Waals surface area contributed by atoms with Crippen molar-refractivity contribution < 1.29 is 0 Å². The molecule has 234 valence electrons. The standard InChI is InChI=1S/C47H31N3/c1-4-16-32(17-5-1)43-41(37-24-14-25-38(31-37)44-39-26-12-10-22-35(39)30-36-23-11-13-27-40(36)44)28-15-29-42(43)47-49-45(33-18-6-2-7-19-33)48-46(50-47)34-20-8-3-9-21-34/h1-31H. The van der Waals surface area contributed by atoms with Crippen molar-refractivity contribution in [1.29, 1.82) is 0 Å². The quantitative estimate of drug-likeness (QED) is 0.170. The van der Waals surface area contributed by atoms with E-state index in [9.17, 15) is 0 Å². The van der Waals surface area contributed by atoms with Crippen LogP contribution in [-0.2, 0) is 0 Å². The fourth-order valence-corrected chi connectivity index (χ4v) is 6.99. The first-order chi connectivity index (χ1) is 24.8. The topological polar surface area (TPSA) is 38.7 Å². The van der Waals surface area contributed by atoms with Crippen molar-refractivity contribution in [2.75, 3.05) is 0 Å². The van der Waals surface area contributed by atoms with Crippen molar-refractivity contribution in [3.63, 3.8) is 0 Å². The number of hydrogen-bond donors (Lipinski definition) is 0. The normalized spacial score (nSPS) is 11.2. The Balaban J connectivity index is 1.29. The van der Waals surface area contributed by atoms with E-state index in [1.165, 1.54) is 32.7 Å². The van der Waals surface area contributed by atoms with Gasteiger partial charge in [0.1, 0.15) is 0 Å². The van der Waals surface area contributed by atoms with Crippen molar-refractivity contribution in [2.45, 2.75) is 0 Å². The van der Waals surface area contributed by atoms with Crippen LogP contribution in [0.15, 0.2) is 188 Å². The van der Waals surface area contributed by atoms with Crippen molar-refractivity contribution in [3.8, 4) is 67.5 Å². The van der Waals surface area contributed by atoms with E-state index in [2.05, 4.69) is 127 Å². The molecule has 0 spiro atoms. The molecule has 0 bridgehead atoms. The molecule has 0 saturated carbocycles. The van der Waals surface area contributed by atoms with E-state index in [1.807, 2.05) is 60.7 Å². The molecular weight excluding hydrogens is 607 g/mol. The summed E-state index contributed by atoms with van der Waals surface area (Å²) in [6.07, 6.45) is 0. The van der Waals surface area contributed by atoms with E-state index in [1.54, 1.807) is 0 Å². The van der Waals surface area contributed by atoms with E-state index < -0.39 is 0 Å². The maximum Gasteiger partial charge on any atom is 0.164 e. The average Bonchev–Trinajstić information content (AvgIpc) is 3.20. The summed E-state index contributed by atoms with van der Waals surface area (Å²) in [5.41, 5.74) is 9.68. The van der Waals surface area contributed by atoms with Crippen LogP contribution in [0.1, 0.15) is 0 Å². The van der Waals surface area contributed by atoms with E-state index in [-0.39, 0.29) is 0 Å². The van der Waals surface area contributed by atoms with Crippen LogP contribution in [0.5, 0.6) is 0 Å². The van der Waals surface area contributed by atoms with Gasteiger partial charge in [-0.25, -0.2) is 15.0 Å². The van der Waals surface area contributed by atoms with E-state index in [0.29, 0.717) is 17.5 Å². The highest BCUT2D eigenvalue weighted by molar-refractivity contribution is 6.13. The summed E-state index contributed by atoms with van der Waals surface area (Å²) in [6, 6.07) is 65.9. The first-order valence-corrected chi connectivity index (χ1v) is 16.9. The van der Waals surface area contributed by atoms with Gasteiger partial charge >= 0.3 is 0 Å². The van der Waals surface area contributed by atoms with Crippen LogP contribution in [0.3, 0.4) is 0 Å². The molecule has 9 aromatic rings. The predicted octanol–water partition coefficient (Wildman–Crippen LogP) is 12.2. The SMILES string of the molecule is c1ccc(-c2nc(-c3ccccc3)nc(-c3cccc(-c4cccc(-c5c6ccccc6cc6ccccc56)c4)c3-c3ccccc3)n2)cc1. The molecule has 1 aromatic heterocycles. The molecule has 0 aliphatic heterocycles. The lowest BCUT2D eigenvalue weighted by Crippen LogP contribution is -2.01. The molecule has 1 heterocycles. The highest BCUT2D eigenvalue weighted by atomic mass is 15.0. The van der Waals surface area contributed by atoms with Gasteiger partial charge in [0.25, 0.3) is 0 Å². The number of fused-ring (bicyclic) bond motifs is 2. The third kappa shape index (κ3) is 5.41. The van der Waals surface area contributed by atoms with Gasteiger partial charge in [0.05, 0.1) is 0 Å². The lowest BCUT2D eigenvalue weighted by atomic mass is 9.87. The molecule has 8 aromatic carbocycles. The van der Waals surface area contributed by atoms with Crippen LogP contribution in [0.2, 0.25) is 0 Å². The smallest absolute Gasteiger partial charge is 0.164 e. The highest BCUT2D eigenvalue weighted by Gasteiger charge is 2.20. The van der Waals surface area contributed by atoms with Gasteiger partial charge in [-0.05, 0) is 61.5 Å². The van der Waals surface area contributed by atoms with E-state index in [4.69, 9.17) is 15.0 Å². The molecule has 0 unspecified atom stereocenters. The van der Waals surface area contributed by atoms with Crippen molar-refractivity contribution in [1.82, 2.24) is 15.0 Å². The van der Waals surface area contributed by atoms with Crippen molar-refractivity contribution >= 4 is 21.5 Å². The number of hydrogen-bond acceptors (Lipinski definition) is 3. The van der Waals surface area contributed by atoms with Gasteiger partial charge in [-0.1, -0.05) is 176 Å². The molecule has 3 nitrogen and oxygen atoms in total. The number of nitrogens with zero attached hydrogens (tertiary/aromatic N) is 3. The zero-order valence-electron chi connectivity index (χ0n) is 27.2. The Morgan fingerprint density at radius 3 is 1.30 bits per heavy atom. The molecule has 0 fully saturated rings. The summed E-state index contributed by atoms with van der Waals surface area (Å²) in [4.78, 5) is 15.2. The van der Waals surface area contributed by atoms with Crippen LogP contribution in [0, 0.1) is 0 Å². The number of aromatic nitrogens is 3. The summed E-state index contributed by atoms with van der Waals surface area (Å²) in [7, 11) is 0. The molecule has 9 rings (SSSR count). The predicted molar refractivity (Wildman–Crippen MR) is 207 cm³/mol. The Morgan fingerprint density at radius 1 is 0.260 bits per heavy atom. The molecule has 0 aliphatic rings. The second-order valence-corrected chi connectivity index (χ2v) is 12.4. The fourth-order valence-electron chi connectivity index (χ4n) is 6.99. The fraction of sp³-hybridized carbons (Fsp3) is 0. The Hall–Kier alpha value is -6.71. The van der Waals surface area contributed by atoms with Gasteiger partial charge in [-0.2, -0.15) is 0 Å². The van der Waals surface area contributed by atoms with Gasteiger partial charge in [0.15, 0.2) is 17.5 Å². The van der Waals surface area contributed by atoms with Crippen LogP contribution in [0.25, 0.3) is 89.1 Å². The molecule has 3 heteroatoms. The minimum absolute atomic E-state index is 0.634. The van der Waals surface area contributed by atoms with E-state index in [0.717, 1.165) is 38.9 Å². The van der Waals surface area contributed by atoms with E-state index >= 15 is 0 Å². The molecule has 0 aliphatic carbocycles. The average molecular weight is 638 g/mol. The first-order valence-electron chi connectivity index (χ1n) is 16.9. The molecule has 0 atom stereocenters. The number of rotatable bonds is 6. The Kier molecular flexibility index (Phi) is 7.49. The van der Waals surface area contributed by atoms with Gasteiger partial charge in [0.2, 0.25) is 0 Å². The largest absolute Gasteiger partial charge is 0.208 e. The molecule has 0 amide bonds. The van der Waals surface area contributed by atoms with Crippen molar-refractivity contribution in [3.05, 3.63) is 188 Å². The number of benzene rings is 8.